The van der Waals surface area contributed by atoms with E-state index in [0.29, 0.717) is 11.0 Å². The molecular weight excluding hydrogens is 192 g/mol. The summed E-state index contributed by atoms with van der Waals surface area (Å²) in [5, 5.41) is 10.4. The first-order chi connectivity index (χ1) is 7.00. The Hall–Kier alpha value is -1.77. The van der Waals surface area contributed by atoms with Crippen LogP contribution >= 0.6 is 0 Å². The quantitative estimate of drug-likeness (QED) is 0.670. The zero-order valence-electron chi connectivity index (χ0n) is 8.92. The van der Waals surface area contributed by atoms with E-state index >= 15 is 0 Å². The average Bonchev–Trinajstić information content (AvgIpc) is 2.13. The third kappa shape index (κ3) is 1.40. The van der Waals surface area contributed by atoms with Crippen molar-refractivity contribution in [3.63, 3.8) is 0 Å². The molecule has 1 N–H and O–H groups in total. The highest BCUT2D eigenvalue weighted by Gasteiger charge is 2.11. The summed E-state index contributed by atoms with van der Waals surface area (Å²) in [6.45, 7) is 5.72. The fourth-order valence-corrected chi connectivity index (χ4v) is 1.82. The van der Waals surface area contributed by atoms with E-state index in [0.717, 1.165) is 22.8 Å². The van der Waals surface area contributed by atoms with Gasteiger partial charge in [0.2, 0.25) is 0 Å². The molecule has 0 amide bonds. The SMILES string of the molecule is Cc1cc(C)c2oc(=O)cc(O)c2c1C. The summed E-state index contributed by atoms with van der Waals surface area (Å²) in [5.41, 5.74) is 2.83. The van der Waals surface area contributed by atoms with Gasteiger partial charge in [0.25, 0.3) is 0 Å². The van der Waals surface area contributed by atoms with E-state index in [1.165, 1.54) is 0 Å². The molecule has 0 saturated heterocycles. The zero-order chi connectivity index (χ0) is 11.2. The van der Waals surface area contributed by atoms with Gasteiger partial charge < -0.3 is 9.52 Å². The van der Waals surface area contributed by atoms with Gasteiger partial charge in [-0.15, -0.1) is 0 Å². The largest absolute Gasteiger partial charge is 0.507 e. The molecule has 0 unspecified atom stereocenters. The maximum Gasteiger partial charge on any atom is 0.339 e. The van der Waals surface area contributed by atoms with Crippen molar-refractivity contribution >= 4 is 11.0 Å². The van der Waals surface area contributed by atoms with Crippen LogP contribution in [-0.2, 0) is 0 Å². The second kappa shape index (κ2) is 3.12. The summed E-state index contributed by atoms with van der Waals surface area (Å²) in [7, 11) is 0. The lowest BCUT2D eigenvalue weighted by molar-refractivity contribution is 0.467. The Morgan fingerprint density at radius 1 is 1.13 bits per heavy atom. The van der Waals surface area contributed by atoms with Gasteiger partial charge in [0.05, 0.1) is 11.5 Å². The van der Waals surface area contributed by atoms with E-state index in [4.69, 9.17) is 4.42 Å². The van der Waals surface area contributed by atoms with Crippen molar-refractivity contribution in [3.05, 3.63) is 39.2 Å². The number of rotatable bonds is 0. The molecule has 2 aromatic rings. The Bertz CT molecular complexity index is 594. The molecule has 3 heteroatoms. The smallest absolute Gasteiger partial charge is 0.339 e. The minimum atomic E-state index is -0.522. The first kappa shape index (κ1) is 9.77. The number of benzene rings is 1. The lowest BCUT2D eigenvalue weighted by atomic mass is 10.0. The predicted molar refractivity (Wildman–Crippen MR) is 58.4 cm³/mol. The molecule has 0 spiro atoms. The topological polar surface area (TPSA) is 50.4 Å². The Morgan fingerprint density at radius 2 is 1.80 bits per heavy atom. The molecule has 2 rings (SSSR count). The highest BCUT2D eigenvalue weighted by molar-refractivity contribution is 5.89. The molecule has 0 aliphatic carbocycles. The van der Waals surface area contributed by atoms with Crippen molar-refractivity contribution in [3.8, 4) is 5.75 Å². The Labute approximate surface area is 87.0 Å². The third-order valence-corrected chi connectivity index (χ3v) is 2.70. The van der Waals surface area contributed by atoms with Crippen LogP contribution in [0.15, 0.2) is 21.3 Å². The predicted octanol–water partition coefficient (Wildman–Crippen LogP) is 2.42. The van der Waals surface area contributed by atoms with Crippen molar-refractivity contribution in [1.29, 1.82) is 0 Å². The van der Waals surface area contributed by atoms with Gasteiger partial charge in [0.1, 0.15) is 11.3 Å². The van der Waals surface area contributed by atoms with Crippen LogP contribution in [0.1, 0.15) is 16.7 Å². The van der Waals surface area contributed by atoms with Crippen molar-refractivity contribution in [2.75, 3.05) is 0 Å². The molecule has 0 aliphatic heterocycles. The molecular formula is C12H12O3. The van der Waals surface area contributed by atoms with E-state index in [-0.39, 0.29) is 5.75 Å². The normalized spacial score (nSPS) is 10.9. The summed E-state index contributed by atoms with van der Waals surface area (Å²) in [6.07, 6.45) is 0. The summed E-state index contributed by atoms with van der Waals surface area (Å²) >= 11 is 0. The first-order valence-electron chi connectivity index (χ1n) is 4.74. The maximum absolute atomic E-state index is 11.1. The molecule has 3 nitrogen and oxygen atoms in total. The van der Waals surface area contributed by atoms with Crippen LogP contribution in [0.2, 0.25) is 0 Å². The molecule has 0 bridgehead atoms. The molecule has 15 heavy (non-hydrogen) atoms. The molecule has 1 heterocycles. The number of hydrogen-bond donors (Lipinski definition) is 1. The van der Waals surface area contributed by atoms with Crippen molar-refractivity contribution in [2.45, 2.75) is 20.8 Å². The summed E-state index contributed by atoms with van der Waals surface area (Å²) in [6, 6.07) is 3.05. The molecule has 0 aliphatic rings. The van der Waals surface area contributed by atoms with Gasteiger partial charge in [0.15, 0.2) is 0 Å². The number of hydrogen-bond acceptors (Lipinski definition) is 3. The zero-order valence-corrected chi connectivity index (χ0v) is 8.92. The van der Waals surface area contributed by atoms with E-state index in [2.05, 4.69) is 0 Å². The summed E-state index contributed by atoms with van der Waals surface area (Å²) in [4.78, 5) is 11.1. The molecule has 0 radical (unpaired) electrons. The second-order valence-corrected chi connectivity index (χ2v) is 3.79. The van der Waals surface area contributed by atoms with Crippen LogP contribution in [-0.4, -0.2) is 5.11 Å². The minimum Gasteiger partial charge on any atom is -0.507 e. The first-order valence-corrected chi connectivity index (χ1v) is 4.74. The monoisotopic (exact) mass is 204 g/mol. The van der Waals surface area contributed by atoms with E-state index < -0.39 is 5.63 Å². The van der Waals surface area contributed by atoms with Gasteiger partial charge in [-0.3, -0.25) is 0 Å². The lowest BCUT2D eigenvalue weighted by Crippen LogP contribution is -1.98. The maximum atomic E-state index is 11.1. The van der Waals surface area contributed by atoms with E-state index in [9.17, 15) is 9.90 Å². The molecule has 78 valence electrons. The number of aromatic hydroxyl groups is 1. The van der Waals surface area contributed by atoms with Crippen LogP contribution < -0.4 is 5.63 Å². The van der Waals surface area contributed by atoms with Gasteiger partial charge in [-0.05, 0) is 37.5 Å². The second-order valence-electron chi connectivity index (χ2n) is 3.79. The van der Waals surface area contributed by atoms with Crippen molar-refractivity contribution in [1.82, 2.24) is 0 Å². The van der Waals surface area contributed by atoms with Crippen LogP contribution in [0.3, 0.4) is 0 Å². The van der Waals surface area contributed by atoms with Gasteiger partial charge >= 0.3 is 5.63 Å². The molecule has 1 aromatic carbocycles. The van der Waals surface area contributed by atoms with Gasteiger partial charge in [-0.2, -0.15) is 0 Å². The number of fused-ring (bicyclic) bond motifs is 1. The number of aryl methyl sites for hydroxylation is 3. The molecule has 1 aromatic heterocycles. The van der Waals surface area contributed by atoms with Crippen LogP contribution in [0.25, 0.3) is 11.0 Å². The Morgan fingerprint density at radius 3 is 2.47 bits per heavy atom. The molecule has 0 fully saturated rings. The highest BCUT2D eigenvalue weighted by atomic mass is 16.4. The minimum absolute atomic E-state index is 0.00875. The Kier molecular flexibility index (Phi) is 2.03. The molecule has 0 atom stereocenters. The van der Waals surface area contributed by atoms with E-state index in [1.54, 1.807) is 0 Å². The fourth-order valence-electron chi connectivity index (χ4n) is 1.82. The average molecular weight is 204 g/mol. The standard InChI is InChI=1S/C12H12O3/c1-6-4-7(2)12-11(8(6)3)9(13)5-10(14)15-12/h4-5,13H,1-3H3. The summed E-state index contributed by atoms with van der Waals surface area (Å²) in [5.74, 6) is -0.00875. The summed E-state index contributed by atoms with van der Waals surface area (Å²) < 4.78 is 5.09. The van der Waals surface area contributed by atoms with Gasteiger partial charge in [0, 0.05) is 0 Å². The molecule has 0 saturated carbocycles. The fraction of sp³-hybridized carbons (Fsp3) is 0.250. The third-order valence-electron chi connectivity index (χ3n) is 2.70. The van der Waals surface area contributed by atoms with Crippen molar-refractivity contribution in [2.24, 2.45) is 0 Å². The van der Waals surface area contributed by atoms with E-state index in [1.807, 2.05) is 26.8 Å². The highest BCUT2D eigenvalue weighted by Crippen LogP contribution is 2.30. The van der Waals surface area contributed by atoms with Crippen molar-refractivity contribution < 1.29 is 9.52 Å². The van der Waals surface area contributed by atoms with Gasteiger partial charge in [-0.1, -0.05) is 6.07 Å². The van der Waals surface area contributed by atoms with Crippen LogP contribution in [0, 0.1) is 20.8 Å². The lowest BCUT2D eigenvalue weighted by Gasteiger charge is -2.08. The van der Waals surface area contributed by atoms with Crippen LogP contribution in [0.4, 0.5) is 0 Å². The Balaban J connectivity index is 3.09. The van der Waals surface area contributed by atoms with Crippen LogP contribution in [0.5, 0.6) is 5.75 Å². The van der Waals surface area contributed by atoms with Gasteiger partial charge in [-0.25, -0.2) is 4.79 Å².